The Hall–Kier alpha value is -3.64. The first-order valence-corrected chi connectivity index (χ1v) is 14.2. The molecular formula is C34H43NO5. The van der Waals surface area contributed by atoms with Crippen LogP contribution in [0, 0.1) is 13.8 Å². The molecule has 0 radical (unpaired) electrons. The van der Waals surface area contributed by atoms with E-state index in [1.807, 2.05) is 97.0 Å². The molecule has 4 rings (SSSR count). The topological polar surface area (TPSA) is 84.9 Å². The summed E-state index contributed by atoms with van der Waals surface area (Å²) in [5.41, 5.74) is 5.94. The van der Waals surface area contributed by atoms with E-state index in [0.717, 1.165) is 46.4 Å². The third kappa shape index (κ3) is 7.72. The van der Waals surface area contributed by atoms with Gasteiger partial charge in [-0.15, -0.1) is 0 Å². The van der Waals surface area contributed by atoms with Gasteiger partial charge < -0.3 is 19.9 Å². The van der Waals surface area contributed by atoms with Crippen molar-refractivity contribution in [3.8, 4) is 16.9 Å². The summed E-state index contributed by atoms with van der Waals surface area (Å²) in [5, 5.41) is 13.4. The third-order valence-corrected chi connectivity index (χ3v) is 6.75. The standard InChI is InChI=1S/C32H37NO5.C2H6/c1-20-18-25(33-27(34)16-13-22-10-7-6-8-11-22)21(2)29(30(31(35)36)38-32(3,4)5)28(20)24-14-15-26-23(19-24)12-9-17-37-26;1-2/h6-8,10-11,14-15,18-19,30H,9,12-13,16-17H2,1-5H3,(H,33,34)(H,35,36);1-2H3. The second-order valence-corrected chi connectivity index (χ2v) is 10.9. The summed E-state index contributed by atoms with van der Waals surface area (Å²) in [7, 11) is 0. The van der Waals surface area contributed by atoms with Gasteiger partial charge in [-0.05, 0) is 105 Å². The predicted molar refractivity (Wildman–Crippen MR) is 161 cm³/mol. The first kappa shape index (κ1) is 30.9. The summed E-state index contributed by atoms with van der Waals surface area (Å²) in [6.07, 6.45) is 1.59. The lowest BCUT2D eigenvalue weighted by molar-refractivity contribution is -0.160. The lowest BCUT2D eigenvalue weighted by Gasteiger charge is -2.30. The van der Waals surface area contributed by atoms with Gasteiger partial charge in [0.1, 0.15) is 5.75 Å². The summed E-state index contributed by atoms with van der Waals surface area (Å²) in [6, 6.07) is 17.8. The van der Waals surface area contributed by atoms with E-state index in [1.165, 1.54) is 0 Å². The number of aliphatic carboxylic acids is 1. The van der Waals surface area contributed by atoms with Gasteiger partial charge in [-0.1, -0.05) is 50.2 Å². The van der Waals surface area contributed by atoms with E-state index in [4.69, 9.17) is 9.47 Å². The van der Waals surface area contributed by atoms with Crippen molar-refractivity contribution in [2.24, 2.45) is 0 Å². The molecule has 3 aromatic carbocycles. The second-order valence-electron chi connectivity index (χ2n) is 10.9. The molecule has 0 fully saturated rings. The van der Waals surface area contributed by atoms with Crippen molar-refractivity contribution in [2.45, 2.75) is 85.9 Å². The Bertz CT molecular complexity index is 1320. The Morgan fingerprint density at radius 3 is 2.40 bits per heavy atom. The quantitative estimate of drug-likeness (QED) is 0.301. The zero-order chi connectivity index (χ0) is 29.4. The number of amides is 1. The van der Waals surface area contributed by atoms with Gasteiger partial charge in [0.25, 0.3) is 0 Å². The van der Waals surface area contributed by atoms with E-state index in [0.29, 0.717) is 36.3 Å². The van der Waals surface area contributed by atoms with Crippen LogP contribution in [-0.4, -0.2) is 29.2 Å². The third-order valence-electron chi connectivity index (χ3n) is 6.75. The van der Waals surface area contributed by atoms with Crippen LogP contribution in [0.2, 0.25) is 0 Å². The number of anilines is 1. The molecule has 0 bridgehead atoms. The van der Waals surface area contributed by atoms with Crippen molar-refractivity contribution in [3.05, 3.63) is 82.4 Å². The Balaban J connectivity index is 0.00000216. The first-order valence-electron chi connectivity index (χ1n) is 14.2. The zero-order valence-corrected chi connectivity index (χ0v) is 24.9. The SMILES string of the molecule is CC.Cc1cc(NC(=O)CCc2ccccc2)c(C)c(C(OC(C)(C)C)C(=O)O)c1-c1ccc2c(c1)CCCO2. The van der Waals surface area contributed by atoms with Crippen molar-refractivity contribution in [2.75, 3.05) is 11.9 Å². The summed E-state index contributed by atoms with van der Waals surface area (Å²) in [5.74, 6) is -0.318. The van der Waals surface area contributed by atoms with Crippen LogP contribution >= 0.6 is 0 Å². The number of hydrogen-bond donors (Lipinski definition) is 2. The molecule has 1 atom stereocenters. The molecule has 0 spiro atoms. The maximum atomic E-state index is 12.9. The van der Waals surface area contributed by atoms with E-state index >= 15 is 0 Å². The number of aryl methyl sites for hydroxylation is 3. The van der Waals surface area contributed by atoms with Crippen LogP contribution in [0.1, 0.15) is 81.4 Å². The van der Waals surface area contributed by atoms with E-state index in [1.54, 1.807) is 0 Å². The number of ether oxygens (including phenoxy) is 2. The van der Waals surface area contributed by atoms with Gasteiger partial charge in [0.15, 0.2) is 6.10 Å². The van der Waals surface area contributed by atoms with Crippen molar-refractivity contribution in [1.82, 2.24) is 0 Å². The number of carboxylic acids is 1. The van der Waals surface area contributed by atoms with Crippen LogP contribution in [0.4, 0.5) is 5.69 Å². The minimum atomic E-state index is -1.21. The fourth-order valence-electron chi connectivity index (χ4n) is 5.00. The molecule has 2 N–H and O–H groups in total. The smallest absolute Gasteiger partial charge is 0.337 e. The van der Waals surface area contributed by atoms with E-state index in [2.05, 4.69) is 11.4 Å². The molecule has 6 nitrogen and oxygen atoms in total. The Morgan fingerprint density at radius 1 is 1.05 bits per heavy atom. The number of nitrogens with one attached hydrogen (secondary N) is 1. The van der Waals surface area contributed by atoms with Crippen LogP contribution in [-0.2, 0) is 27.2 Å². The van der Waals surface area contributed by atoms with Crippen LogP contribution < -0.4 is 10.1 Å². The Kier molecular flexibility index (Phi) is 10.5. The number of hydrogen-bond acceptors (Lipinski definition) is 4. The fourth-order valence-corrected chi connectivity index (χ4v) is 5.00. The largest absolute Gasteiger partial charge is 0.493 e. The highest BCUT2D eigenvalue weighted by atomic mass is 16.5. The number of benzene rings is 3. The number of carboxylic acid groups (broad SMARTS) is 1. The average Bonchev–Trinajstić information content (AvgIpc) is 2.93. The van der Waals surface area contributed by atoms with E-state index in [-0.39, 0.29) is 5.91 Å². The monoisotopic (exact) mass is 545 g/mol. The molecule has 1 amide bonds. The minimum Gasteiger partial charge on any atom is -0.493 e. The summed E-state index contributed by atoms with van der Waals surface area (Å²) < 4.78 is 11.9. The highest BCUT2D eigenvalue weighted by Gasteiger charge is 2.32. The van der Waals surface area contributed by atoms with Crippen LogP contribution in [0.5, 0.6) is 5.75 Å². The van der Waals surface area contributed by atoms with Gasteiger partial charge in [0, 0.05) is 17.7 Å². The van der Waals surface area contributed by atoms with E-state index in [9.17, 15) is 14.7 Å². The second kappa shape index (κ2) is 13.6. The van der Waals surface area contributed by atoms with Crippen molar-refractivity contribution in [1.29, 1.82) is 0 Å². The molecule has 214 valence electrons. The maximum Gasteiger partial charge on any atom is 0.337 e. The first-order chi connectivity index (χ1) is 19.0. The van der Waals surface area contributed by atoms with E-state index < -0.39 is 17.7 Å². The molecule has 0 saturated carbocycles. The molecule has 40 heavy (non-hydrogen) atoms. The van der Waals surface area contributed by atoms with Gasteiger partial charge >= 0.3 is 5.97 Å². The minimum absolute atomic E-state index is 0.121. The number of fused-ring (bicyclic) bond motifs is 1. The molecule has 0 saturated heterocycles. The number of carbonyl (C=O) groups is 2. The lowest BCUT2D eigenvalue weighted by atomic mass is 9.86. The molecule has 0 aliphatic carbocycles. The van der Waals surface area contributed by atoms with Gasteiger partial charge in [0.2, 0.25) is 5.91 Å². The molecule has 3 aromatic rings. The average molecular weight is 546 g/mol. The number of carbonyl (C=O) groups excluding carboxylic acids is 1. The van der Waals surface area contributed by atoms with Crippen molar-refractivity contribution in [3.63, 3.8) is 0 Å². The molecule has 1 aliphatic heterocycles. The molecule has 1 aliphatic rings. The van der Waals surface area contributed by atoms with Gasteiger partial charge in [-0.3, -0.25) is 4.79 Å². The highest BCUT2D eigenvalue weighted by molar-refractivity contribution is 5.94. The Labute approximate surface area is 238 Å². The molecule has 1 heterocycles. The maximum absolute atomic E-state index is 12.9. The molecule has 0 aromatic heterocycles. The molecular weight excluding hydrogens is 502 g/mol. The number of rotatable bonds is 8. The van der Waals surface area contributed by atoms with Gasteiger partial charge in [-0.25, -0.2) is 4.79 Å². The molecule has 1 unspecified atom stereocenters. The van der Waals surface area contributed by atoms with Crippen molar-refractivity contribution >= 4 is 17.6 Å². The van der Waals surface area contributed by atoms with Gasteiger partial charge in [0.05, 0.1) is 12.2 Å². The van der Waals surface area contributed by atoms with Crippen LogP contribution in [0.15, 0.2) is 54.6 Å². The lowest BCUT2D eigenvalue weighted by Crippen LogP contribution is -2.28. The normalized spacial score (nSPS) is 13.3. The van der Waals surface area contributed by atoms with Gasteiger partial charge in [-0.2, -0.15) is 0 Å². The summed E-state index contributed by atoms with van der Waals surface area (Å²) in [4.78, 5) is 25.6. The summed E-state index contributed by atoms with van der Waals surface area (Å²) in [6.45, 7) is 14.0. The zero-order valence-electron chi connectivity index (χ0n) is 24.9. The predicted octanol–water partition coefficient (Wildman–Crippen LogP) is 7.83. The summed E-state index contributed by atoms with van der Waals surface area (Å²) >= 11 is 0. The van der Waals surface area contributed by atoms with Crippen molar-refractivity contribution < 1.29 is 24.2 Å². The highest BCUT2D eigenvalue weighted by Crippen LogP contribution is 2.42. The van der Waals surface area contributed by atoms with Crippen LogP contribution in [0.25, 0.3) is 11.1 Å². The molecule has 6 heteroatoms. The van der Waals surface area contributed by atoms with Crippen LogP contribution in [0.3, 0.4) is 0 Å². The fraction of sp³-hybridized carbons (Fsp3) is 0.412. The Morgan fingerprint density at radius 2 is 1.75 bits per heavy atom.